The molecule has 2 aromatic rings. The molecule has 0 bridgehead atoms. The lowest BCUT2D eigenvalue weighted by atomic mass is 10.1. The summed E-state index contributed by atoms with van der Waals surface area (Å²) in [5.74, 6) is -0.604. The molecule has 0 unspecified atom stereocenters. The van der Waals surface area contributed by atoms with Gasteiger partial charge >= 0.3 is 5.97 Å². The molecule has 0 aliphatic rings. The molecule has 0 aliphatic carbocycles. The number of esters is 1. The third-order valence-corrected chi connectivity index (χ3v) is 3.01. The summed E-state index contributed by atoms with van der Waals surface area (Å²) < 4.78 is 5.00. The van der Waals surface area contributed by atoms with Crippen molar-refractivity contribution in [1.82, 2.24) is 0 Å². The third-order valence-electron chi connectivity index (χ3n) is 3.01. The largest absolute Gasteiger partial charge is 0.457 e. The summed E-state index contributed by atoms with van der Waals surface area (Å²) in [5, 5.41) is 19.6. The van der Waals surface area contributed by atoms with E-state index < -0.39 is 10.9 Å². The summed E-state index contributed by atoms with van der Waals surface area (Å²) in [6.07, 6.45) is 2.78. The van der Waals surface area contributed by atoms with E-state index in [2.05, 4.69) is 0 Å². The topological polar surface area (TPSA) is 93.2 Å². The second-order valence-corrected chi connectivity index (χ2v) is 4.56. The first-order chi connectivity index (χ1) is 11.1. The van der Waals surface area contributed by atoms with Crippen molar-refractivity contribution in [3.8, 4) is 6.07 Å². The zero-order chi connectivity index (χ0) is 16.7. The van der Waals surface area contributed by atoms with Gasteiger partial charge in [-0.1, -0.05) is 24.3 Å². The Morgan fingerprint density at radius 1 is 1.22 bits per heavy atom. The molecular weight excluding hydrogens is 296 g/mol. The minimum atomic E-state index is -0.604. The second-order valence-electron chi connectivity index (χ2n) is 4.56. The van der Waals surface area contributed by atoms with Crippen LogP contribution in [-0.2, 0) is 16.1 Å². The van der Waals surface area contributed by atoms with Gasteiger partial charge in [-0.15, -0.1) is 0 Å². The van der Waals surface area contributed by atoms with Gasteiger partial charge in [0.05, 0.1) is 22.1 Å². The molecule has 0 aliphatic heterocycles. The van der Waals surface area contributed by atoms with Gasteiger partial charge in [0.25, 0.3) is 5.69 Å². The quantitative estimate of drug-likeness (QED) is 0.366. The van der Waals surface area contributed by atoms with E-state index in [1.54, 1.807) is 42.5 Å². The van der Waals surface area contributed by atoms with Crippen molar-refractivity contribution in [2.45, 2.75) is 6.61 Å². The molecule has 0 amide bonds. The van der Waals surface area contributed by atoms with Crippen LogP contribution in [0.5, 0.6) is 0 Å². The number of rotatable bonds is 5. The first-order valence-corrected chi connectivity index (χ1v) is 6.67. The summed E-state index contributed by atoms with van der Waals surface area (Å²) in [5.41, 5.74) is 1.52. The molecule has 0 atom stereocenters. The van der Waals surface area contributed by atoms with Gasteiger partial charge in [-0.05, 0) is 29.8 Å². The Morgan fingerprint density at radius 2 is 1.91 bits per heavy atom. The molecule has 0 spiro atoms. The van der Waals surface area contributed by atoms with Crippen LogP contribution in [0.2, 0.25) is 0 Å². The third kappa shape index (κ3) is 4.51. The highest BCUT2D eigenvalue weighted by atomic mass is 16.6. The van der Waals surface area contributed by atoms with E-state index in [1.807, 2.05) is 6.07 Å². The molecule has 2 aromatic carbocycles. The zero-order valence-electron chi connectivity index (χ0n) is 12.0. The fraction of sp³-hybridized carbons (Fsp3) is 0.0588. The molecule has 0 N–H and O–H groups in total. The van der Waals surface area contributed by atoms with Crippen LogP contribution in [0.4, 0.5) is 5.69 Å². The van der Waals surface area contributed by atoms with Crippen molar-refractivity contribution in [2.75, 3.05) is 0 Å². The van der Waals surface area contributed by atoms with Gasteiger partial charge in [-0.3, -0.25) is 10.1 Å². The maximum absolute atomic E-state index is 11.7. The van der Waals surface area contributed by atoms with E-state index in [4.69, 9.17) is 10.00 Å². The smallest absolute Gasteiger partial charge is 0.331 e. The molecule has 0 heterocycles. The predicted octanol–water partition coefficient (Wildman–Crippen LogP) is 3.22. The Balaban J connectivity index is 1.96. The number of hydrogen-bond acceptors (Lipinski definition) is 5. The van der Waals surface area contributed by atoms with Crippen LogP contribution < -0.4 is 0 Å². The monoisotopic (exact) mass is 308 g/mol. The van der Waals surface area contributed by atoms with Crippen LogP contribution in [0.1, 0.15) is 16.7 Å². The number of ether oxygens (including phenoxy) is 1. The number of carbonyl (C=O) groups is 1. The summed E-state index contributed by atoms with van der Waals surface area (Å²) >= 11 is 0. The number of nitro groups is 1. The average molecular weight is 308 g/mol. The number of para-hydroxylation sites is 1. The van der Waals surface area contributed by atoms with Crippen LogP contribution in [-0.4, -0.2) is 10.9 Å². The molecule has 6 heteroatoms. The van der Waals surface area contributed by atoms with Crippen LogP contribution >= 0.6 is 0 Å². The van der Waals surface area contributed by atoms with E-state index >= 15 is 0 Å². The van der Waals surface area contributed by atoms with Gasteiger partial charge in [-0.25, -0.2) is 4.79 Å². The first-order valence-electron chi connectivity index (χ1n) is 6.67. The van der Waals surface area contributed by atoms with Crippen molar-refractivity contribution in [3.05, 3.63) is 81.4 Å². The number of benzene rings is 2. The minimum absolute atomic E-state index is 0.0867. The predicted molar refractivity (Wildman–Crippen MR) is 83.1 cm³/mol. The number of nitriles is 1. The van der Waals surface area contributed by atoms with Crippen LogP contribution in [0.15, 0.2) is 54.6 Å². The molecule has 0 aromatic heterocycles. The average Bonchev–Trinajstić information content (AvgIpc) is 2.58. The van der Waals surface area contributed by atoms with Gasteiger partial charge < -0.3 is 4.74 Å². The Hall–Kier alpha value is -3.46. The number of carbonyl (C=O) groups excluding carboxylic acids is 1. The highest BCUT2D eigenvalue weighted by Gasteiger charge is 2.13. The molecule has 0 saturated carbocycles. The van der Waals surface area contributed by atoms with E-state index in [9.17, 15) is 14.9 Å². The standard InChI is InChI=1S/C17H12N2O4/c18-11-14-7-5-13(6-8-14)9-10-17(20)23-12-15-3-1-2-4-16(15)19(21)22/h1-10H,12H2/b10-9+. The fourth-order valence-corrected chi connectivity index (χ4v) is 1.84. The Morgan fingerprint density at radius 3 is 2.57 bits per heavy atom. The Kier molecular flexibility index (Phi) is 5.21. The highest BCUT2D eigenvalue weighted by Crippen LogP contribution is 2.18. The summed E-state index contributed by atoms with van der Waals surface area (Å²) in [6, 6.07) is 14.8. The summed E-state index contributed by atoms with van der Waals surface area (Å²) in [4.78, 5) is 22.0. The maximum Gasteiger partial charge on any atom is 0.331 e. The SMILES string of the molecule is N#Cc1ccc(/C=C/C(=O)OCc2ccccc2[N+](=O)[O-])cc1. The van der Waals surface area contributed by atoms with E-state index in [-0.39, 0.29) is 12.3 Å². The molecule has 6 nitrogen and oxygen atoms in total. The van der Waals surface area contributed by atoms with Gasteiger partial charge in [0.1, 0.15) is 6.61 Å². The van der Waals surface area contributed by atoms with Crippen molar-refractivity contribution in [2.24, 2.45) is 0 Å². The number of hydrogen-bond donors (Lipinski definition) is 0. The highest BCUT2D eigenvalue weighted by molar-refractivity contribution is 5.87. The van der Waals surface area contributed by atoms with E-state index in [1.165, 1.54) is 18.2 Å². The normalized spacial score (nSPS) is 10.2. The molecule has 0 radical (unpaired) electrons. The molecule has 23 heavy (non-hydrogen) atoms. The lowest BCUT2D eigenvalue weighted by Gasteiger charge is -2.03. The molecular formula is C17H12N2O4. The Bertz CT molecular complexity index is 789. The van der Waals surface area contributed by atoms with Crippen molar-refractivity contribution in [1.29, 1.82) is 5.26 Å². The van der Waals surface area contributed by atoms with E-state index in [0.29, 0.717) is 11.1 Å². The Labute approximate surface area is 132 Å². The van der Waals surface area contributed by atoms with Crippen LogP contribution in [0, 0.1) is 21.4 Å². The lowest BCUT2D eigenvalue weighted by molar-refractivity contribution is -0.385. The molecule has 2 rings (SSSR count). The summed E-state index contributed by atoms with van der Waals surface area (Å²) in [7, 11) is 0. The van der Waals surface area contributed by atoms with Crippen LogP contribution in [0.25, 0.3) is 6.08 Å². The van der Waals surface area contributed by atoms with Crippen molar-refractivity contribution >= 4 is 17.7 Å². The van der Waals surface area contributed by atoms with Gasteiger partial charge in [0.2, 0.25) is 0 Å². The van der Waals surface area contributed by atoms with E-state index in [0.717, 1.165) is 5.56 Å². The molecule has 0 fully saturated rings. The summed E-state index contributed by atoms with van der Waals surface area (Å²) in [6.45, 7) is -0.173. The van der Waals surface area contributed by atoms with Gasteiger partial charge in [-0.2, -0.15) is 5.26 Å². The zero-order valence-corrected chi connectivity index (χ0v) is 12.0. The van der Waals surface area contributed by atoms with Gasteiger partial charge in [0.15, 0.2) is 0 Å². The fourth-order valence-electron chi connectivity index (χ4n) is 1.84. The molecule has 114 valence electrons. The van der Waals surface area contributed by atoms with Crippen molar-refractivity contribution in [3.63, 3.8) is 0 Å². The number of nitrogens with zero attached hydrogens (tertiary/aromatic N) is 2. The van der Waals surface area contributed by atoms with Gasteiger partial charge in [0, 0.05) is 12.1 Å². The van der Waals surface area contributed by atoms with Crippen molar-refractivity contribution < 1.29 is 14.5 Å². The first kappa shape index (κ1) is 15.9. The lowest BCUT2D eigenvalue weighted by Crippen LogP contribution is -2.03. The molecule has 0 saturated heterocycles. The minimum Gasteiger partial charge on any atom is -0.457 e. The second kappa shape index (κ2) is 7.52. The van der Waals surface area contributed by atoms with Crippen LogP contribution in [0.3, 0.4) is 0 Å². The maximum atomic E-state index is 11.7. The number of nitro benzene ring substituents is 1.